The number of carbonyl (C=O) groups excluding carboxylic acids is 1. The van der Waals surface area contributed by atoms with Crippen molar-refractivity contribution in [2.75, 3.05) is 10.6 Å². The second kappa shape index (κ2) is 6.97. The van der Waals surface area contributed by atoms with E-state index in [4.69, 9.17) is 23.2 Å². The number of benzene rings is 2. The maximum atomic E-state index is 12.4. The van der Waals surface area contributed by atoms with Crippen LogP contribution < -0.4 is 10.6 Å². The van der Waals surface area contributed by atoms with Crippen molar-refractivity contribution in [2.45, 2.75) is 19.9 Å². The molecule has 2 aromatic carbocycles. The molecule has 0 unspecified atom stereocenters. The Morgan fingerprint density at radius 2 is 2.00 bits per heavy atom. The average molecular weight is 380 g/mol. The van der Waals surface area contributed by atoms with Gasteiger partial charge in [0, 0.05) is 10.7 Å². The van der Waals surface area contributed by atoms with Gasteiger partial charge in [0.1, 0.15) is 6.04 Å². The number of aryl methyl sites for hydroxylation is 1. The molecule has 1 aromatic heterocycles. The summed E-state index contributed by atoms with van der Waals surface area (Å²) in [6, 6.07) is 10.4. The molecule has 124 valence electrons. The summed E-state index contributed by atoms with van der Waals surface area (Å²) in [6.45, 7) is 3.76. The molecule has 0 radical (unpaired) electrons. The fourth-order valence-corrected chi connectivity index (χ4v) is 3.48. The normalized spacial score (nSPS) is 12.2. The summed E-state index contributed by atoms with van der Waals surface area (Å²) in [5.41, 5.74) is 2.33. The summed E-state index contributed by atoms with van der Waals surface area (Å²) in [5, 5.41) is 7.95. The fraction of sp³-hybridized carbons (Fsp3) is 0.176. The van der Waals surface area contributed by atoms with Crippen LogP contribution in [0.2, 0.25) is 10.0 Å². The molecular weight excluding hydrogens is 365 g/mol. The van der Waals surface area contributed by atoms with Crippen molar-refractivity contribution in [3.05, 3.63) is 51.5 Å². The first-order valence-corrected chi connectivity index (χ1v) is 8.89. The smallest absolute Gasteiger partial charge is 0.246 e. The van der Waals surface area contributed by atoms with E-state index in [1.807, 2.05) is 25.1 Å². The van der Waals surface area contributed by atoms with Crippen LogP contribution in [-0.4, -0.2) is 16.9 Å². The number of nitrogens with zero attached hydrogens (tertiary/aromatic N) is 1. The Morgan fingerprint density at radius 3 is 2.79 bits per heavy atom. The van der Waals surface area contributed by atoms with Gasteiger partial charge in [-0.2, -0.15) is 0 Å². The van der Waals surface area contributed by atoms with Crippen LogP contribution in [-0.2, 0) is 4.79 Å². The van der Waals surface area contributed by atoms with Crippen molar-refractivity contribution in [1.29, 1.82) is 0 Å². The molecule has 3 aromatic rings. The van der Waals surface area contributed by atoms with Gasteiger partial charge in [0.25, 0.3) is 0 Å². The number of nitrogens with one attached hydrogen (secondary N) is 2. The SMILES string of the molecule is Cc1nc2ccc(N[C@@H](C)C(=O)Nc3cc(Cl)ccc3Cl)cc2s1. The third kappa shape index (κ3) is 3.80. The van der Waals surface area contributed by atoms with Gasteiger partial charge < -0.3 is 10.6 Å². The lowest BCUT2D eigenvalue weighted by Crippen LogP contribution is -2.31. The zero-order valence-corrected chi connectivity index (χ0v) is 15.4. The topological polar surface area (TPSA) is 54.0 Å². The molecule has 0 aliphatic heterocycles. The number of hydrogen-bond donors (Lipinski definition) is 2. The third-order valence-electron chi connectivity index (χ3n) is 3.46. The largest absolute Gasteiger partial charge is 0.374 e. The molecule has 0 aliphatic carbocycles. The summed E-state index contributed by atoms with van der Waals surface area (Å²) in [6.07, 6.45) is 0. The Morgan fingerprint density at radius 1 is 1.21 bits per heavy atom. The van der Waals surface area contributed by atoms with Crippen molar-refractivity contribution in [3.8, 4) is 0 Å². The van der Waals surface area contributed by atoms with Crippen LogP contribution >= 0.6 is 34.5 Å². The number of thiazole rings is 1. The predicted molar refractivity (Wildman–Crippen MR) is 103 cm³/mol. The maximum absolute atomic E-state index is 12.4. The fourth-order valence-electron chi connectivity index (χ4n) is 2.28. The van der Waals surface area contributed by atoms with Crippen LogP contribution in [0.5, 0.6) is 0 Å². The van der Waals surface area contributed by atoms with Crippen molar-refractivity contribution in [3.63, 3.8) is 0 Å². The van der Waals surface area contributed by atoms with E-state index in [0.717, 1.165) is 20.9 Å². The second-order valence-corrected chi connectivity index (χ2v) is 7.47. The number of hydrogen-bond acceptors (Lipinski definition) is 4. The minimum Gasteiger partial charge on any atom is -0.374 e. The molecule has 2 N–H and O–H groups in total. The van der Waals surface area contributed by atoms with Crippen LogP contribution in [0.1, 0.15) is 11.9 Å². The lowest BCUT2D eigenvalue weighted by molar-refractivity contribution is -0.116. The molecule has 0 aliphatic rings. The van der Waals surface area contributed by atoms with Gasteiger partial charge in [-0.3, -0.25) is 4.79 Å². The van der Waals surface area contributed by atoms with Gasteiger partial charge in [0.2, 0.25) is 5.91 Å². The highest BCUT2D eigenvalue weighted by atomic mass is 35.5. The minimum absolute atomic E-state index is 0.195. The van der Waals surface area contributed by atoms with Crippen molar-refractivity contribution >= 4 is 62.0 Å². The van der Waals surface area contributed by atoms with Crippen LogP contribution in [0, 0.1) is 6.92 Å². The molecular formula is C17H15Cl2N3OS. The number of amides is 1. The monoisotopic (exact) mass is 379 g/mol. The van der Waals surface area contributed by atoms with Crippen LogP contribution in [0.25, 0.3) is 10.2 Å². The van der Waals surface area contributed by atoms with E-state index in [1.54, 1.807) is 36.5 Å². The van der Waals surface area contributed by atoms with Gasteiger partial charge in [-0.05, 0) is 50.2 Å². The Kier molecular flexibility index (Phi) is 4.94. The Labute approximate surface area is 153 Å². The molecule has 0 saturated heterocycles. The van der Waals surface area contributed by atoms with Crippen LogP contribution in [0.3, 0.4) is 0 Å². The summed E-state index contributed by atoms with van der Waals surface area (Å²) < 4.78 is 1.09. The predicted octanol–water partition coefficient (Wildman–Crippen LogP) is 5.35. The van der Waals surface area contributed by atoms with Gasteiger partial charge in [-0.25, -0.2) is 4.98 Å². The van der Waals surface area contributed by atoms with E-state index < -0.39 is 6.04 Å². The van der Waals surface area contributed by atoms with Crippen LogP contribution in [0.4, 0.5) is 11.4 Å². The van der Waals surface area contributed by atoms with Crippen LogP contribution in [0.15, 0.2) is 36.4 Å². The zero-order chi connectivity index (χ0) is 17.3. The van der Waals surface area contributed by atoms with E-state index >= 15 is 0 Å². The highest BCUT2D eigenvalue weighted by molar-refractivity contribution is 7.18. The van der Waals surface area contributed by atoms with E-state index in [1.165, 1.54) is 0 Å². The van der Waals surface area contributed by atoms with Gasteiger partial charge in [0.15, 0.2) is 0 Å². The summed E-state index contributed by atoms with van der Waals surface area (Å²) in [7, 11) is 0. The summed E-state index contributed by atoms with van der Waals surface area (Å²) in [4.78, 5) is 16.8. The Bertz CT molecular complexity index is 910. The number of rotatable bonds is 4. The van der Waals surface area contributed by atoms with Gasteiger partial charge in [0.05, 0.1) is 25.9 Å². The highest BCUT2D eigenvalue weighted by Gasteiger charge is 2.15. The highest BCUT2D eigenvalue weighted by Crippen LogP contribution is 2.27. The molecule has 1 atom stereocenters. The first kappa shape index (κ1) is 17.0. The number of aromatic nitrogens is 1. The van der Waals surface area contributed by atoms with Crippen molar-refractivity contribution in [1.82, 2.24) is 4.98 Å². The van der Waals surface area contributed by atoms with Gasteiger partial charge in [-0.1, -0.05) is 23.2 Å². The second-order valence-electron chi connectivity index (χ2n) is 5.39. The standard InChI is InChI=1S/C17H15Cl2N3OS/c1-9(17(23)22-15-7-11(18)3-5-13(15)19)20-12-4-6-14-16(8-12)24-10(2)21-14/h3-9,20H,1-2H3,(H,22,23)/t9-/m0/s1. The first-order valence-electron chi connectivity index (χ1n) is 7.32. The lowest BCUT2D eigenvalue weighted by Gasteiger charge is -2.16. The van der Waals surface area contributed by atoms with Gasteiger partial charge >= 0.3 is 0 Å². The van der Waals surface area contributed by atoms with Crippen molar-refractivity contribution in [2.24, 2.45) is 0 Å². The van der Waals surface area contributed by atoms with E-state index in [9.17, 15) is 4.79 Å². The Hall–Kier alpha value is -1.82. The van der Waals surface area contributed by atoms with E-state index in [-0.39, 0.29) is 5.91 Å². The Balaban J connectivity index is 1.71. The average Bonchev–Trinajstić information content (AvgIpc) is 2.90. The third-order valence-corrected chi connectivity index (χ3v) is 4.96. The first-order chi connectivity index (χ1) is 11.4. The molecule has 1 heterocycles. The molecule has 3 rings (SSSR count). The molecule has 7 heteroatoms. The van der Waals surface area contributed by atoms with E-state index in [2.05, 4.69) is 15.6 Å². The number of halogens is 2. The van der Waals surface area contributed by atoms with E-state index in [0.29, 0.717) is 15.7 Å². The number of anilines is 2. The molecule has 0 bridgehead atoms. The minimum atomic E-state index is -0.438. The molecule has 0 saturated carbocycles. The van der Waals surface area contributed by atoms with Crippen molar-refractivity contribution < 1.29 is 4.79 Å². The number of fused-ring (bicyclic) bond motifs is 1. The molecule has 4 nitrogen and oxygen atoms in total. The number of carbonyl (C=O) groups is 1. The summed E-state index contributed by atoms with van der Waals surface area (Å²) in [5.74, 6) is -0.195. The zero-order valence-electron chi connectivity index (χ0n) is 13.1. The maximum Gasteiger partial charge on any atom is 0.246 e. The molecule has 0 fully saturated rings. The summed E-state index contributed by atoms with van der Waals surface area (Å²) >= 11 is 13.6. The molecule has 1 amide bonds. The molecule has 24 heavy (non-hydrogen) atoms. The van der Waals surface area contributed by atoms with Gasteiger partial charge in [-0.15, -0.1) is 11.3 Å². The quantitative estimate of drug-likeness (QED) is 0.642. The molecule has 0 spiro atoms. The lowest BCUT2D eigenvalue weighted by atomic mass is 10.2.